The number of rotatable bonds is 6. The van der Waals surface area contributed by atoms with Gasteiger partial charge < -0.3 is 4.57 Å². The van der Waals surface area contributed by atoms with Crippen molar-refractivity contribution in [3.63, 3.8) is 0 Å². The normalized spacial score (nSPS) is 11.5. The molecule has 0 radical (unpaired) electrons. The van der Waals surface area contributed by atoms with E-state index in [1.54, 1.807) is 0 Å². The van der Waals surface area contributed by atoms with Crippen LogP contribution in [0.2, 0.25) is 0 Å². The monoisotopic (exact) mass is 602 g/mol. The molecule has 0 unspecified atom stereocenters. The fourth-order valence-corrected chi connectivity index (χ4v) is 12.0. The summed E-state index contributed by atoms with van der Waals surface area (Å²) in [5.41, 5.74) is 5.99. The van der Waals surface area contributed by atoms with Gasteiger partial charge in [0.15, 0.2) is 8.07 Å². The lowest BCUT2D eigenvalue weighted by molar-refractivity contribution is 1.18. The van der Waals surface area contributed by atoms with Gasteiger partial charge in [0.2, 0.25) is 0 Å². The van der Waals surface area contributed by atoms with E-state index in [2.05, 4.69) is 180 Å². The van der Waals surface area contributed by atoms with Crippen molar-refractivity contribution in [1.82, 2.24) is 4.57 Å². The number of aromatic nitrogens is 1. The maximum Gasteiger partial charge on any atom is 0.179 e. The van der Waals surface area contributed by atoms with Crippen molar-refractivity contribution in [3.8, 4) is 22.9 Å². The third kappa shape index (κ3) is 4.47. The van der Waals surface area contributed by atoms with Crippen LogP contribution < -0.4 is 20.7 Å². The maximum absolute atomic E-state index is 10.2. The van der Waals surface area contributed by atoms with E-state index in [4.69, 9.17) is 0 Å². The topological polar surface area (TPSA) is 28.7 Å². The van der Waals surface area contributed by atoms with Gasteiger partial charge in [0.05, 0.1) is 22.7 Å². The first-order chi connectivity index (χ1) is 22.8. The van der Waals surface area contributed by atoms with Gasteiger partial charge in [0, 0.05) is 16.5 Å². The molecule has 0 aliphatic carbocycles. The van der Waals surface area contributed by atoms with E-state index in [0.29, 0.717) is 5.56 Å². The average Bonchev–Trinajstić information content (AvgIpc) is 3.48. The first kappa shape index (κ1) is 27.6. The molecule has 8 rings (SSSR count). The Morgan fingerprint density at radius 1 is 0.413 bits per heavy atom. The number of hydrogen-bond acceptors (Lipinski definition) is 1. The Morgan fingerprint density at radius 3 is 1.41 bits per heavy atom. The van der Waals surface area contributed by atoms with E-state index in [9.17, 15) is 5.26 Å². The van der Waals surface area contributed by atoms with Crippen molar-refractivity contribution >= 4 is 50.6 Å². The summed E-state index contributed by atoms with van der Waals surface area (Å²) in [5, 5.41) is 17.9. The standard InChI is InChI=1S/C43H30N2Si/c44-31-32-27-34(29-35(28-32)45-42-25-12-10-23-40(42)41-24-11-13-26-43(41)45)33-15-14-22-39(30-33)46(36-16-4-1-5-17-36,37-18-6-2-7-19-37)38-20-8-3-9-21-38/h1-30H. The van der Waals surface area contributed by atoms with Gasteiger partial charge >= 0.3 is 0 Å². The second-order valence-corrected chi connectivity index (χ2v) is 15.5. The summed E-state index contributed by atoms with van der Waals surface area (Å²) in [6.45, 7) is 0. The zero-order chi connectivity index (χ0) is 30.9. The molecule has 0 aliphatic heterocycles. The lowest BCUT2D eigenvalue weighted by Gasteiger charge is -2.34. The Kier molecular flexibility index (Phi) is 6.91. The molecule has 8 aromatic rings. The van der Waals surface area contributed by atoms with Crippen LogP contribution in [-0.4, -0.2) is 12.6 Å². The number of hydrogen-bond donors (Lipinski definition) is 0. The van der Waals surface area contributed by atoms with Crippen molar-refractivity contribution in [1.29, 1.82) is 5.26 Å². The van der Waals surface area contributed by atoms with Crippen LogP contribution in [0.5, 0.6) is 0 Å². The molecular weight excluding hydrogens is 573 g/mol. The SMILES string of the molecule is N#Cc1cc(-c2cccc([Si](c3ccccc3)(c3ccccc3)c3ccccc3)c2)cc(-n2c3ccccc3c3ccccc32)c1. The van der Waals surface area contributed by atoms with Gasteiger partial charge in [-0.05, 0) is 62.2 Å². The van der Waals surface area contributed by atoms with E-state index in [-0.39, 0.29) is 0 Å². The fraction of sp³-hybridized carbons (Fsp3) is 0. The highest BCUT2D eigenvalue weighted by Crippen LogP contribution is 2.34. The van der Waals surface area contributed by atoms with Gasteiger partial charge in [-0.15, -0.1) is 0 Å². The zero-order valence-corrected chi connectivity index (χ0v) is 26.2. The van der Waals surface area contributed by atoms with Crippen LogP contribution in [0.3, 0.4) is 0 Å². The quantitative estimate of drug-likeness (QED) is 0.142. The Morgan fingerprint density at radius 2 is 0.891 bits per heavy atom. The van der Waals surface area contributed by atoms with Crippen molar-refractivity contribution in [2.24, 2.45) is 0 Å². The van der Waals surface area contributed by atoms with Crippen LogP contribution in [-0.2, 0) is 0 Å². The van der Waals surface area contributed by atoms with E-state index in [1.165, 1.54) is 31.5 Å². The Bertz CT molecular complexity index is 2220. The summed E-state index contributed by atoms with van der Waals surface area (Å²) < 4.78 is 2.29. The highest BCUT2D eigenvalue weighted by atomic mass is 28.3. The number of para-hydroxylation sites is 2. The average molecular weight is 603 g/mol. The Balaban J connectivity index is 1.38. The summed E-state index contributed by atoms with van der Waals surface area (Å²) in [5.74, 6) is 0. The van der Waals surface area contributed by atoms with E-state index in [0.717, 1.165) is 27.8 Å². The molecule has 0 N–H and O–H groups in total. The molecule has 0 fully saturated rings. The molecule has 2 nitrogen and oxygen atoms in total. The van der Waals surface area contributed by atoms with Gasteiger partial charge in [0.25, 0.3) is 0 Å². The van der Waals surface area contributed by atoms with Crippen LogP contribution >= 0.6 is 0 Å². The number of nitrogens with zero attached hydrogens (tertiary/aromatic N) is 2. The lowest BCUT2D eigenvalue weighted by atomic mass is 10.0. The molecule has 46 heavy (non-hydrogen) atoms. The molecule has 7 aromatic carbocycles. The predicted octanol–water partition coefficient (Wildman–Crippen LogP) is 7.70. The predicted molar refractivity (Wildman–Crippen MR) is 195 cm³/mol. The third-order valence-electron chi connectivity index (χ3n) is 9.13. The van der Waals surface area contributed by atoms with Gasteiger partial charge in [-0.2, -0.15) is 5.26 Å². The maximum atomic E-state index is 10.2. The molecule has 1 aromatic heterocycles. The number of benzene rings is 7. The van der Waals surface area contributed by atoms with Crippen molar-refractivity contribution in [3.05, 3.63) is 188 Å². The molecule has 0 spiro atoms. The van der Waals surface area contributed by atoms with Crippen LogP contribution in [0.1, 0.15) is 5.56 Å². The minimum absolute atomic E-state index is 0.637. The van der Waals surface area contributed by atoms with Crippen molar-refractivity contribution < 1.29 is 0 Å². The summed E-state index contributed by atoms with van der Waals surface area (Å²) in [6.07, 6.45) is 0. The van der Waals surface area contributed by atoms with Crippen molar-refractivity contribution in [2.75, 3.05) is 0 Å². The van der Waals surface area contributed by atoms with Crippen LogP contribution in [0.15, 0.2) is 182 Å². The van der Waals surface area contributed by atoms with Gasteiger partial charge in [-0.1, -0.05) is 152 Å². The molecule has 0 saturated heterocycles. The second-order valence-electron chi connectivity index (χ2n) is 11.7. The van der Waals surface area contributed by atoms with Crippen LogP contribution in [0, 0.1) is 11.3 Å². The Labute approximate surface area is 270 Å². The first-order valence-corrected chi connectivity index (χ1v) is 17.6. The molecule has 0 saturated carbocycles. The molecule has 0 aliphatic rings. The number of nitriles is 1. The minimum Gasteiger partial charge on any atom is -0.309 e. The minimum atomic E-state index is -2.70. The highest BCUT2D eigenvalue weighted by Gasteiger charge is 2.41. The first-order valence-electron chi connectivity index (χ1n) is 15.6. The summed E-state index contributed by atoms with van der Waals surface area (Å²) in [7, 11) is -2.70. The summed E-state index contributed by atoms with van der Waals surface area (Å²) in [4.78, 5) is 0. The fourth-order valence-electron chi connectivity index (χ4n) is 7.17. The molecule has 0 atom stereocenters. The largest absolute Gasteiger partial charge is 0.309 e. The number of fused-ring (bicyclic) bond motifs is 3. The molecule has 0 amide bonds. The highest BCUT2D eigenvalue weighted by molar-refractivity contribution is 7.19. The van der Waals surface area contributed by atoms with Crippen LogP contribution in [0.4, 0.5) is 0 Å². The molecular formula is C43H30N2Si. The second kappa shape index (κ2) is 11.5. The van der Waals surface area contributed by atoms with Crippen LogP contribution in [0.25, 0.3) is 38.6 Å². The van der Waals surface area contributed by atoms with Gasteiger partial charge in [-0.25, -0.2) is 0 Å². The van der Waals surface area contributed by atoms with E-state index >= 15 is 0 Å². The van der Waals surface area contributed by atoms with E-state index < -0.39 is 8.07 Å². The molecule has 216 valence electrons. The smallest absolute Gasteiger partial charge is 0.179 e. The van der Waals surface area contributed by atoms with E-state index in [1.807, 2.05) is 12.1 Å². The molecule has 3 heteroatoms. The van der Waals surface area contributed by atoms with Gasteiger partial charge in [0.1, 0.15) is 0 Å². The Hall–Kier alpha value is -5.95. The third-order valence-corrected chi connectivity index (χ3v) is 13.9. The summed E-state index contributed by atoms with van der Waals surface area (Å²) >= 11 is 0. The molecule has 0 bridgehead atoms. The molecule has 1 heterocycles. The van der Waals surface area contributed by atoms with Crippen molar-refractivity contribution in [2.45, 2.75) is 0 Å². The van der Waals surface area contributed by atoms with Gasteiger partial charge in [-0.3, -0.25) is 0 Å². The lowest BCUT2D eigenvalue weighted by Crippen LogP contribution is -2.74. The summed E-state index contributed by atoms with van der Waals surface area (Å²) in [6, 6.07) is 67.7. The zero-order valence-electron chi connectivity index (χ0n) is 25.2.